The minimum atomic E-state index is -1.81. The number of carbonyl (C=O) groups excluding carboxylic acids is 1. The Morgan fingerprint density at radius 2 is 2.00 bits per heavy atom. The molecule has 4 rings (SSSR count). The Balaban J connectivity index is 1.62. The first-order chi connectivity index (χ1) is 14.7. The first-order valence-corrected chi connectivity index (χ1v) is 13.4. The number of rotatable bonds is 5. The monoisotopic (exact) mass is 443 g/mol. The van der Waals surface area contributed by atoms with Crippen LogP contribution in [0.2, 0.25) is 19.6 Å². The number of ether oxygens (including phenoxy) is 2. The maximum atomic E-state index is 13.0. The normalized spacial score (nSPS) is 23.9. The van der Waals surface area contributed by atoms with Crippen molar-refractivity contribution in [2.24, 2.45) is 0 Å². The van der Waals surface area contributed by atoms with Gasteiger partial charge in [0.2, 0.25) is 0 Å². The fourth-order valence-electron chi connectivity index (χ4n) is 3.80. The molecule has 1 saturated heterocycles. The van der Waals surface area contributed by atoms with Gasteiger partial charge in [-0.1, -0.05) is 37.8 Å². The van der Waals surface area contributed by atoms with E-state index in [4.69, 9.17) is 15.2 Å². The molecule has 0 saturated carbocycles. The van der Waals surface area contributed by atoms with Crippen LogP contribution in [0.15, 0.2) is 36.9 Å². The lowest BCUT2D eigenvalue weighted by molar-refractivity contribution is -0.0529. The molecule has 31 heavy (non-hydrogen) atoms. The van der Waals surface area contributed by atoms with Crippen molar-refractivity contribution in [1.82, 2.24) is 19.5 Å². The van der Waals surface area contributed by atoms with Gasteiger partial charge in [0.15, 0.2) is 23.8 Å². The average Bonchev–Trinajstić information content (AvgIpc) is 3.29. The third kappa shape index (κ3) is 3.80. The van der Waals surface area contributed by atoms with Gasteiger partial charge >= 0.3 is 5.97 Å². The molecule has 11 heteroatoms. The predicted molar refractivity (Wildman–Crippen MR) is 115 cm³/mol. The molecule has 1 aliphatic rings. The van der Waals surface area contributed by atoms with E-state index in [2.05, 4.69) is 34.6 Å². The Bertz CT molecular complexity index is 1110. The molecule has 1 aromatic carbocycles. The molecule has 0 radical (unpaired) electrons. The van der Waals surface area contributed by atoms with Crippen LogP contribution in [0.5, 0.6) is 0 Å². The largest absolute Gasteiger partial charge is 0.453 e. The summed E-state index contributed by atoms with van der Waals surface area (Å²) in [5.41, 5.74) is 7.02. The van der Waals surface area contributed by atoms with E-state index >= 15 is 0 Å². The van der Waals surface area contributed by atoms with E-state index in [1.807, 2.05) is 12.1 Å². The van der Waals surface area contributed by atoms with Crippen LogP contribution in [0.25, 0.3) is 11.2 Å². The highest BCUT2D eigenvalue weighted by molar-refractivity contribution is 6.89. The summed E-state index contributed by atoms with van der Waals surface area (Å²) in [6.07, 6.45) is -1.52. The SMILES string of the molecule is C[Si](C)(C)c1ccccc1C(=O)O[C@H]1[C@@H](O)[C@H](n2cnc3c(N)ncnc32)O[C@@H]1CO. The second-order valence-corrected chi connectivity index (χ2v) is 13.5. The highest BCUT2D eigenvalue weighted by Crippen LogP contribution is 2.34. The van der Waals surface area contributed by atoms with Gasteiger partial charge in [-0.05, 0) is 11.3 Å². The van der Waals surface area contributed by atoms with Crippen molar-refractivity contribution >= 4 is 36.2 Å². The van der Waals surface area contributed by atoms with Gasteiger partial charge in [-0.15, -0.1) is 0 Å². The van der Waals surface area contributed by atoms with Gasteiger partial charge in [0.05, 0.1) is 26.6 Å². The van der Waals surface area contributed by atoms with E-state index in [0.29, 0.717) is 16.7 Å². The highest BCUT2D eigenvalue weighted by Gasteiger charge is 2.47. The fourth-order valence-corrected chi connectivity index (χ4v) is 5.39. The van der Waals surface area contributed by atoms with Crippen LogP contribution in [-0.2, 0) is 9.47 Å². The number of nitrogens with two attached hydrogens (primary N) is 1. The minimum Gasteiger partial charge on any atom is -0.453 e. The molecule has 1 fully saturated rings. The molecule has 2 aromatic heterocycles. The van der Waals surface area contributed by atoms with Crippen LogP contribution in [0, 0.1) is 0 Å². The molecule has 3 heterocycles. The molecule has 3 aromatic rings. The zero-order chi connectivity index (χ0) is 22.3. The Kier molecular flexibility index (Phi) is 5.52. The van der Waals surface area contributed by atoms with Crippen LogP contribution < -0.4 is 10.9 Å². The predicted octanol–water partition coefficient (Wildman–Crippen LogP) is 0.430. The summed E-state index contributed by atoms with van der Waals surface area (Å²) in [7, 11) is -1.81. The average molecular weight is 444 g/mol. The third-order valence-electron chi connectivity index (χ3n) is 5.35. The number of fused-ring (bicyclic) bond motifs is 1. The number of aromatic nitrogens is 4. The number of anilines is 1. The summed E-state index contributed by atoms with van der Waals surface area (Å²) in [5, 5.41) is 21.7. The summed E-state index contributed by atoms with van der Waals surface area (Å²) in [5.74, 6) is -0.368. The maximum absolute atomic E-state index is 13.0. The lowest BCUT2D eigenvalue weighted by Gasteiger charge is -2.23. The Hall–Kier alpha value is -2.86. The third-order valence-corrected chi connectivity index (χ3v) is 7.40. The summed E-state index contributed by atoms with van der Waals surface area (Å²) in [6.45, 7) is 5.97. The van der Waals surface area contributed by atoms with Gasteiger partial charge in [0.25, 0.3) is 0 Å². The van der Waals surface area contributed by atoms with Gasteiger partial charge in [0, 0.05) is 0 Å². The van der Waals surface area contributed by atoms with Crippen molar-refractivity contribution in [3.8, 4) is 0 Å². The number of carbonyl (C=O) groups is 1. The van der Waals surface area contributed by atoms with E-state index in [-0.39, 0.29) is 5.82 Å². The molecule has 4 N–H and O–H groups in total. The Morgan fingerprint density at radius 1 is 1.26 bits per heavy atom. The Morgan fingerprint density at radius 3 is 2.71 bits per heavy atom. The van der Waals surface area contributed by atoms with Crippen molar-refractivity contribution in [2.75, 3.05) is 12.3 Å². The number of imidazole rings is 1. The molecule has 10 nitrogen and oxygen atoms in total. The van der Waals surface area contributed by atoms with Gasteiger partial charge in [-0.25, -0.2) is 19.7 Å². The van der Waals surface area contributed by atoms with E-state index in [9.17, 15) is 15.0 Å². The zero-order valence-corrected chi connectivity index (χ0v) is 18.5. The molecule has 0 bridgehead atoms. The first kappa shape index (κ1) is 21.4. The van der Waals surface area contributed by atoms with Crippen LogP contribution in [0.4, 0.5) is 5.82 Å². The number of nitrogens with zero attached hydrogens (tertiary/aromatic N) is 4. The number of esters is 1. The molecule has 4 atom stereocenters. The summed E-state index contributed by atoms with van der Waals surface area (Å²) in [4.78, 5) is 25.2. The lowest BCUT2D eigenvalue weighted by Crippen LogP contribution is -2.43. The molecule has 1 aliphatic heterocycles. The van der Waals surface area contributed by atoms with Crippen LogP contribution in [0.1, 0.15) is 16.6 Å². The Labute approximate surface area is 179 Å². The molecule has 164 valence electrons. The van der Waals surface area contributed by atoms with Crippen molar-refractivity contribution in [1.29, 1.82) is 0 Å². The topological polar surface area (TPSA) is 146 Å². The van der Waals surface area contributed by atoms with Crippen molar-refractivity contribution in [3.05, 3.63) is 42.5 Å². The highest BCUT2D eigenvalue weighted by atomic mass is 28.3. The van der Waals surface area contributed by atoms with Crippen molar-refractivity contribution in [2.45, 2.75) is 44.2 Å². The van der Waals surface area contributed by atoms with Gasteiger partial charge in [0.1, 0.15) is 24.1 Å². The van der Waals surface area contributed by atoms with E-state index in [0.717, 1.165) is 5.19 Å². The number of hydrogen-bond donors (Lipinski definition) is 3. The number of nitrogen functional groups attached to an aromatic ring is 1. The number of aliphatic hydroxyl groups is 2. The van der Waals surface area contributed by atoms with Gasteiger partial charge in [-0.2, -0.15) is 0 Å². The molecular formula is C20H25N5O5Si. The second kappa shape index (κ2) is 8.00. The molecule has 0 unspecified atom stereocenters. The fraction of sp³-hybridized carbons (Fsp3) is 0.400. The van der Waals surface area contributed by atoms with E-state index in [1.165, 1.54) is 17.2 Å². The lowest BCUT2D eigenvalue weighted by atomic mass is 10.1. The van der Waals surface area contributed by atoms with Crippen LogP contribution >= 0.6 is 0 Å². The molecular weight excluding hydrogens is 418 g/mol. The number of aliphatic hydroxyl groups excluding tert-OH is 2. The minimum absolute atomic E-state index is 0.195. The first-order valence-electron chi connectivity index (χ1n) is 9.90. The van der Waals surface area contributed by atoms with E-state index < -0.39 is 45.2 Å². The molecule has 0 amide bonds. The van der Waals surface area contributed by atoms with Crippen LogP contribution in [-0.4, -0.2) is 68.7 Å². The number of hydrogen-bond acceptors (Lipinski definition) is 9. The zero-order valence-electron chi connectivity index (χ0n) is 17.5. The van der Waals surface area contributed by atoms with E-state index in [1.54, 1.807) is 12.1 Å². The smallest absolute Gasteiger partial charge is 0.338 e. The second-order valence-electron chi connectivity index (χ2n) is 8.49. The van der Waals surface area contributed by atoms with Crippen molar-refractivity contribution in [3.63, 3.8) is 0 Å². The number of benzene rings is 1. The quantitative estimate of drug-likeness (QED) is 0.377. The van der Waals surface area contributed by atoms with Gasteiger partial charge in [-0.3, -0.25) is 4.57 Å². The summed E-state index contributed by atoms with van der Waals surface area (Å²) < 4.78 is 13.0. The molecule has 0 aliphatic carbocycles. The summed E-state index contributed by atoms with van der Waals surface area (Å²) in [6, 6.07) is 7.31. The maximum Gasteiger partial charge on any atom is 0.338 e. The standard InChI is InChI=1S/C20H25N5O5Si/c1-31(2,3)13-7-5-4-6-11(13)20(28)30-16-12(8-26)29-19(15(16)27)25-10-24-14-17(21)22-9-23-18(14)25/h4-7,9-10,12,15-16,19,26-27H,8H2,1-3H3,(H2,21,22,23)/t12-,15-,16-,19-/m1/s1. The molecule has 0 spiro atoms. The van der Waals surface area contributed by atoms with Gasteiger partial charge < -0.3 is 25.4 Å². The van der Waals surface area contributed by atoms with Crippen molar-refractivity contribution < 1.29 is 24.5 Å². The summed E-state index contributed by atoms with van der Waals surface area (Å²) >= 11 is 0. The van der Waals surface area contributed by atoms with Crippen LogP contribution in [0.3, 0.4) is 0 Å².